The number of ether oxygens (including phenoxy) is 1. The molecule has 19 heavy (non-hydrogen) atoms. The number of hydrogen-bond acceptors (Lipinski definition) is 4. The topological polar surface area (TPSA) is 75.7 Å². The van der Waals surface area contributed by atoms with Crippen molar-refractivity contribution in [3.05, 3.63) is 35.4 Å². The first-order chi connectivity index (χ1) is 9.15. The first-order valence-corrected chi connectivity index (χ1v) is 5.86. The minimum Gasteiger partial charge on any atom is -0.383 e. The van der Waals surface area contributed by atoms with Gasteiger partial charge in [0.1, 0.15) is 6.54 Å². The summed E-state index contributed by atoms with van der Waals surface area (Å²) in [4.78, 5) is 36.5. The van der Waals surface area contributed by atoms with Gasteiger partial charge in [-0.25, -0.2) is 0 Å². The van der Waals surface area contributed by atoms with E-state index in [1.54, 1.807) is 24.3 Å². The van der Waals surface area contributed by atoms with E-state index in [0.29, 0.717) is 24.3 Å². The zero-order valence-corrected chi connectivity index (χ0v) is 10.5. The van der Waals surface area contributed by atoms with Crippen molar-refractivity contribution in [2.75, 3.05) is 26.8 Å². The number of hydrogen-bond donors (Lipinski definition) is 1. The van der Waals surface area contributed by atoms with Gasteiger partial charge in [0.2, 0.25) is 5.91 Å². The minimum absolute atomic E-state index is 0.268. The van der Waals surface area contributed by atoms with Crippen molar-refractivity contribution in [3.63, 3.8) is 0 Å². The predicted molar refractivity (Wildman–Crippen MR) is 66.7 cm³/mol. The number of amides is 3. The number of nitrogens with zero attached hydrogens (tertiary/aromatic N) is 1. The van der Waals surface area contributed by atoms with Crippen molar-refractivity contribution in [2.45, 2.75) is 0 Å². The van der Waals surface area contributed by atoms with Crippen molar-refractivity contribution in [3.8, 4) is 0 Å². The molecule has 0 spiro atoms. The summed E-state index contributed by atoms with van der Waals surface area (Å²) < 4.78 is 4.79. The van der Waals surface area contributed by atoms with Crippen molar-refractivity contribution in [1.82, 2.24) is 10.2 Å². The largest absolute Gasteiger partial charge is 0.383 e. The van der Waals surface area contributed by atoms with Crippen LogP contribution in [0.25, 0.3) is 0 Å². The van der Waals surface area contributed by atoms with Crippen LogP contribution in [0.1, 0.15) is 20.7 Å². The molecule has 1 aliphatic heterocycles. The molecule has 1 heterocycles. The molecule has 0 bridgehead atoms. The molecule has 0 unspecified atom stereocenters. The average Bonchev–Trinajstić information content (AvgIpc) is 2.65. The van der Waals surface area contributed by atoms with Crippen LogP contribution in [0.4, 0.5) is 0 Å². The zero-order chi connectivity index (χ0) is 13.8. The van der Waals surface area contributed by atoms with Crippen LogP contribution in [0.15, 0.2) is 24.3 Å². The minimum atomic E-state index is -0.428. The Morgan fingerprint density at radius 3 is 2.32 bits per heavy atom. The van der Waals surface area contributed by atoms with Gasteiger partial charge in [0, 0.05) is 13.7 Å². The van der Waals surface area contributed by atoms with Gasteiger partial charge in [-0.15, -0.1) is 0 Å². The van der Waals surface area contributed by atoms with E-state index in [4.69, 9.17) is 4.74 Å². The van der Waals surface area contributed by atoms with Crippen molar-refractivity contribution >= 4 is 17.7 Å². The summed E-state index contributed by atoms with van der Waals surface area (Å²) in [6, 6.07) is 6.54. The Morgan fingerprint density at radius 1 is 1.21 bits per heavy atom. The van der Waals surface area contributed by atoms with E-state index in [1.807, 2.05) is 0 Å². The number of carbonyl (C=O) groups excluding carboxylic acids is 3. The second-order valence-electron chi connectivity index (χ2n) is 4.08. The zero-order valence-electron chi connectivity index (χ0n) is 10.5. The third-order valence-electron chi connectivity index (χ3n) is 2.81. The van der Waals surface area contributed by atoms with Crippen molar-refractivity contribution in [2.24, 2.45) is 0 Å². The number of rotatable bonds is 5. The molecule has 100 valence electrons. The van der Waals surface area contributed by atoms with E-state index in [2.05, 4.69) is 5.32 Å². The molecule has 0 aromatic heterocycles. The normalized spacial score (nSPS) is 13.6. The van der Waals surface area contributed by atoms with Gasteiger partial charge in [0.15, 0.2) is 0 Å². The number of imide groups is 1. The Kier molecular flexibility index (Phi) is 3.91. The average molecular weight is 262 g/mol. The molecule has 1 aromatic carbocycles. The van der Waals surface area contributed by atoms with Crippen LogP contribution in [0.5, 0.6) is 0 Å². The third kappa shape index (κ3) is 2.63. The second-order valence-corrected chi connectivity index (χ2v) is 4.08. The summed E-state index contributed by atoms with van der Waals surface area (Å²) in [6.07, 6.45) is 0. The summed E-state index contributed by atoms with van der Waals surface area (Å²) in [5, 5.41) is 2.57. The van der Waals surface area contributed by atoms with Crippen molar-refractivity contribution in [1.29, 1.82) is 0 Å². The lowest BCUT2D eigenvalue weighted by molar-refractivity contribution is -0.121. The Morgan fingerprint density at radius 2 is 1.79 bits per heavy atom. The maximum Gasteiger partial charge on any atom is 0.262 e. The first kappa shape index (κ1) is 13.2. The fourth-order valence-corrected chi connectivity index (χ4v) is 1.87. The van der Waals surface area contributed by atoms with Gasteiger partial charge >= 0.3 is 0 Å². The van der Waals surface area contributed by atoms with Crippen LogP contribution in [-0.2, 0) is 9.53 Å². The molecule has 1 aromatic rings. The van der Waals surface area contributed by atoms with Crippen LogP contribution in [0, 0.1) is 0 Å². The lowest BCUT2D eigenvalue weighted by Crippen LogP contribution is -2.41. The quantitative estimate of drug-likeness (QED) is 0.600. The number of fused-ring (bicyclic) bond motifs is 1. The Hall–Kier alpha value is -2.21. The highest BCUT2D eigenvalue weighted by molar-refractivity contribution is 6.22. The lowest BCUT2D eigenvalue weighted by atomic mass is 10.1. The standard InChI is InChI=1S/C13H14N2O4/c1-19-7-6-14-11(16)8-15-12(17)9-4-2-3-5-10(9)13(15)18/h2-5H,6-8H2,1H3,(H,14,16). The van der Waals surface area contributed by atoms with E-state index in [0.717, 1.165) is 4.90 Å². The molecule has 0 saturated heterocycles. The fraction of sp³-hybridized carbons (Fsp3) is 0.308. The monoisotopic (exact) mass is 262 g/mol. The highest BCUT2D eigenvalue weighted by Crippen LogP contribution is 2.21. The fourth-order valence-electron chi connectivity index (χ4n) is 1.87. The van der Waals surface area contributed by atoms with E-state index < -0.39 is 11.8 Å². The molecule has 0 aliphatic carbocycles. The molecule has 0 saturated carbocycles. The molecular formula is C13H14N2O4. The van der Waals surface area contributed by atoms with Crippen LogP contribution in [0.3, 0.4) is 0 Å². The second kappa shape index (κ2) is 5.62. The molecule has 0 atom stereocenters. The van der Waals surface area contributed by atoms with Gasteiger partial charge in [-0.2, -0.15) is 0 Å². The van der Waals surface area contributed by atoms with E-state index in [9.17, 15) is 14.4 Å². The summed E-state index contributed by atoms with van der Waals surface area (Å²) in [5.74, 6) is -1.24. The highest BCUT2D eigenvalue weighted by Gasteiger charge is 2.35. The summed E-state index contributed by atoms with van der Waals surface area (Å²) in [6.45, 7) is 0.461. The molecular weight excluding hydrogens is 248 g/mol. The van der Waals surface area contributed by atoms with Gasteiger partial charge in [-0.1, -0.05) is 12.1 Å². The van der Waals surface area contributed by atoms with Gasteiger partial charge in [0.05, 0.1) is 17.7 Å². The smallest absolute Gasteiger partial charge is 0.262 e. The molecule has 1 N–H and O–H groups in total. The molecule has 0 radical (unpaired) electrons. The van der Waals surface area contributed by atoms with Gasteiger partial charge < -0.3 is 10.1 Å². The summed E-state index contributed by atoms with van der Waals surface area (Å²) >= 11 is 0. The Balaban J connectivity index is 2.02. The molecule has 1 aliphatic rings. The van der Waals surface area contributed by atoms with Gasteiger partial charge in [-0.05, 0) is 12.1 Å². The summed E-state index contributed by atoms with van der Waals surface area (Å²) in [7, 11) is 1.52. The predicted octanol–water partition coefficient (Wildman–Crippen LogP) is 0.0452. The van der Waals surface area contributed by atoms with E-state index in [1.165, 1.54) is 7.11 Å². The molecule has 2 rings (SSSR count). The number of benzene rings is 1. The number of nitrogens with one attached hydrogen (secondary N) is 1. The molecule has 3 amide bonds. The maximum absolute atomic E-state index is 12.0. The van der Waals surface area contributed by atoms with Crippen LogP contribution >= 0.6 is 0 Å². The number of methoxy groups -OCH3 is 1. The highest BCUT2D eigenvalue weighted by atomic mass is 16.5. The molecule has 0 fully saturated rings. The summed E-state index contributed by atoms with van der Waals surface area (Å²) in [5.41, 5.74) is 0.689. The van der Waals surface area contributed by atoms with Gasteiger partial charge in [0.25, 0.3) is 11.8 Å². The SMILES string of the molecule is COCCNC(=O)CN1C(=O)c2ccccc2C1=O. The van der Waals surface area contributed by atoms with Crippen LogP contribution in [-0.4, -0.2) is 49.4 Å². The van der Waals surface area contributed by atoms with Crippen LogP contribution in [0.2, 0.25) is 0 Å². The van der Waals surface area contributed by atoms with E-state index >= 15 is 0 Å². The molecule has 6 nitrogen and oxygen atoms in total. The lowest BCUT2D eigenvalue weighted by Gasteiger charge is -2.13. The maximum atomic E-state index is 12.0. The Bertz CT molecular complexity index is 492. The Labute approximate surface area is 110 Å². The van der Waals surface area contributed by atoms with Crippen LogP contribution < -0.4 is 5.32 Å². The first-order valence-electron chi connectivity index (χ1n) is 5.86. The van der Waals surface area contributed by atoms with E-state index in [-0.39, 0.29) is 12.5 Å². The molecule has 6 heteroatoms. The third-order valence-corrected chi connectivity index (χ3v) is 2.81. The van der Waals surface area contributed by atoms with Gasteiger partial charge in [-0.3, -0.25) is 19.3 Å². The van der Waals surface area contributed by atoms with Crippen molar-refractivity contribution < 1.29 is 19.1 Å². The number of carbonyl (C=O) groups is 3.